The van der Waals surface area contributed by atoms with Gasteiger partial charge in [-0.1, -0.05) is 44.2 Å². The number of hydrogen-bond acceptors (Lipinski definition) is 3. The minimum Gasteiger partial charge on any atom is -0.377 e. The summed E-state index contributed by atoms with van der Waals surface area (Å²) in [5, 5.41) is 0. The zero-order chi connectivity index (χ0) is 17.4. The predicted octanol–water partition coefficient (Wildman–Crippen LogP) is 3.03. The molecular weight excluding hydrogens is 336 g/mol. The van der Waals surface area contributed by atoms with E-state index in [1.165, 1.54) is 5.56 Å². The molecule has 140 valence electrons. The van der Waals surface area contributed by atoms with Crippen molar-refractivity contribution in [1.82, 2.24) is 4.90 Å². The van der Waals surface area contributed by atoms with Crippen molar-refractivity contribution in [3.8, 4) is 0 Å². The molecule has 1 saturated carbocycles. The SMILES string of the molecule is CCN(CCc1ccccc1)C(=O)C1(N)C2CCCOC2C1(C)C.Cl. The Morgan fingerprint density at radius 2 is 2.00 bits per heavy atom. The molecule has 1 aromatic carbocycles. The van der Waals surface area contributed by atoms with Gasteiger partial charge in [-0.15, -0.1) is 12.4 Å². The van der Waals surface area contributed by atoms with E-state index >= 15 is 0 Å². The van der Waals surface area contributed by atoms with Crippen LogP contribution >= 0.6 is 12.4 Å². The van der Waals surface area contributed by atoms with Gasteiger partial charge in [-0.05, 0) is 31.7 Å². The van der Waals surface area contributed by atoms with Crippen LogP contribution in [0.1, 0.15) is 39.2 Å². The minimum atomic E-state index is -0.801. The van der Waals surface area contributed by atoms with Gasteiger partial charge < -0.3 is 15.4 Å². The molecule has 0 bridgehead atoms. The van der Waals surface area contributed by atoms with Gasteiger partial charge in [0.15, 0.2) is 0 Å². The van der Waals surface area contributed by atoms with E-state index in [2.05, 4.69) is 26.0 Å². The van der Waals surface area contributed by atoms with Crippen LogP contribution < -0.4 is 5.73 Å². The maximum absolute atomic E-state index is 13.3. The number of carbonyl (C=O) groups is 1. The fraction of sp³-hybridized carbons (Fsp3) is 0.650. The molecule has 0 aromatic heterocycles. The largest absolute Gasteiger partial charge is 0.377 e. The topological polar surface area (TPSA) is 55.6 Å². The molecule has 1 aromatic rings. The van der Waals surface area contributed by atoms with Crippen LogP contribution in [-0.2, 0) is 16.0 Å². The zero-order valence-electron chi connectivity index (χ0n) is 15.5. The second-order valence-corrected chi connectivity index (χ2v) is 7.75. The molecule has 0 radical (unpaired) electrons. The summed E-state index contributed by atoms with van der Waals surface area (Å²) in [6, 6.07) is 10.3. The highest BCUT2D eigenvalue weighted by Crippen LogP contribution is 2.57. The standard InChI is InChI=1S/C20H30N2O2.ClH/c1-4-22(13-12-15-9-6-5-7-10-15)18(23)20(21)16-11-8-14-24-17(16)19(20,2)3;/h5-7,9-10,16-17H,4,8,11-14,21H2,1-3H3;1H. The molecule has 1 saturated heterocycles. The van der Waals surface area contributed by atoms with E-state index in [0.717, 1.165) is 25.9 Å². The lowest BCUT2D eigenvalue weighted by Gasteiger charge is -2.65. The molecule has 3 rings (SSSR count). The molecular formula is C20H31ClN2O2. The molecule has 25 heavy (non-hydrogen) atoms. The summed E-state index contributed by atoms with van der Waals surface area (Å²) in [5.74, 6) is 0.247. The van der Waals surface area contributed by atoms with Gasteiger partial charge in [-0.25, -0.2) is 0 Å². The third-order valence-electron chi connectivity index (χ3n) is 6.22. The predicted molar refractivity (Wildman–Crippen MR) is 103 cm³/mol. The highest BCUT2D eigenvalue weighted by Gasteiger charge is 2.70. The Hall–Kier alpha value is -1.10. The summed E-state index contributed by atoms with van der Waals surface area (Å²) >= 11 is 0. The van der Waals surface area contributed by atoms with Crippen LogP contribution in [0.3, 0.4) is 0 Å². The van der Waals surface area contributed by atoms with Crippen molar-refractivity contribution in [1.29, 1.82) is 0 Å². The van der Waals surface area contributed by atoms with Gasteiger partial charge in [-0.3, -0.25) is 4.79 Å². The van der Waals surface area contributed by atoms with E-state index in [-0.39, 0.29) is 35.8 Å². The number of nitrogens with zero attached hydrogens (tertiary/aromatic N) is 1. The highest BCUT2D eigenvalue weighted by atomic mass is 35.5. The quantitative estimate of drug-likeness (QED) is 0.871. The Labute approximate surface area is 157 Å². The lowest BCUT2D eigenvalue weighted by Crippen LogP contribution is -2.82. The van der Waals surface area contributed by atoms with Crippen LogP contribution in [0.25, 0.3) is 0 Å². The Morgan fingerprint density at radius 3 is 2.64 bits per heavy atom. The molecule has 2 N–H and O–H groups in total. The van der Waals surface area contributed by atoms with Crippen LogP contribution in [0.5, 0.6) is 0 Å². The summed E-state index contributed by atoms with van der Waals surface area (Å²) in [7, 11) is 0. The number of rotatable bonds is 5. The van der Waals surface area contributed by atoms with Crippen LogP contribution in [0.4, 0.5) is 0 Å². The number of amides is 1. The first-order chi connectivity index (χ1) is 11.4. The highest BCUT2D eigenvalue weighted by molar-refractivity contribution is 5.89. The molecule has 1 aliphatic heterocycles. The smallest absolute Gasteiger partial charge is 0.243 e. The van der Waals surface area contributed by atoms with E-state index in [1.807, 2.05) is 30.0 Å². The molecule has 2 fully saturated rings. The molecule has 5 heteroatoms. The van der Waals surface area contributed by atoms with Crippen molar-refractivity contribution in [2.75, 3.05) is 19.7 Å². The molecule has 1 heterocycles. The molecule has 3 atom stereocenters. The van der Waals surface area contributed by atoms with E-state index in [9.17, 15) is 4.79 Å². The molecule has 0 spiro atoms. The first-order valence-electron chi connectivity index (χ1n) is 9.16. The van der Waals surface area contributed by atoms with Gasteiger partial charge in [0, 0.05) is 31.0 Å². The number of hydrogen-bond donors (Lipinski definition) is 1. The maximum atomic E-state index is 13.3. The van der Waals surface area contributed by atoms with Crippen molar-refractivity contribution >= 4 is 18.3 Å². The third kappa shape index (κ3) is 3.20. The van der Waals surface area contributed by atoms with Crippen molar-refractivity contribution in [3.05, 3.63) is 35.9 Å². The fourth-order valence-electron chi connectivity index (χ4n) is 4.58. The van der Waals surface area contributed by atoms with Gasteiger partial charge >= 0.3 is 0 Å². The maximum Gasteiger partial charge on any atom is 0.243 e. The minimum absolute atomic E-state index is 0. The van der Waals surface area contributed by atoms with Crippen molar-refractivity contribution < 1.29 is 9.53 Å². The summed E-state index contributed by atoms with van der Waals surface area (Å²) in [6.07, 6.45) is 2.97. The number of benzene rings is 1. The third-order valence-corrected chi connectivity index (χ3v) is 6.22. The molecule has 4 nitrogen and oxygen atoms in total. The van der Waals surface area contributed by atoms with Gasteiger partial charge in [0.1, 0.15) is 5.54 Å². The first-order valence-corrected chi connectivity index (χ1v) is 9.16. The van der Waals surface area contributed by atoms with Crippen molar-refractivity contribution in [2.24, 2.45) is 17.1 Å². The molecule has 1 amide bonds. The Kier molecular flexibility index (Phi) is 6.18. The van der Waals surface area contributed by atoms with Gasteiger partial charge in [0.25, 0.3) is 0 Å². The average molecular weight is 367 g/mol. The van der Waals surface area contributed by atoms with Crippen molar-refractivity contribution in [2.45, 2.75) is 51.7 Å². The Balaban J connectivity index is 0.00000225. The Morgan fingerprint density at radius 1 is 1.32 bits per heavy atom. The van der Waals surface area contributed by atoms with Gasteiger partial charge in [0.2, 0.25) is 5.91 Å². The number of fused-ring (bicyclic) bond motifs is 1. The van der Waals surface area contributed by atoms with Crippen LogP contribution in [0.15, 0.2) is 30.3 Å². The van der Waals surface area contributed by atoms with Crippen LogP contribution in [-0.4, -0.2) is 42.1 Å². The van der Waals surface area contributed by atoms with Crippen molar-refractivity contribution in [3.63, 3.8) is 0 Å². The van der Waals surface area contributed by atoms with E-state index in [4.69, 9.17) is 10.5 Å². The van der Waals surface area contributed by atoms with Gasteiger partial charge in [0.05, 0.1) is 6.10 Å². The van der Waals surface area contributed by atoms with Gasteiger partial charge in [-0.2, -0.15) is 0 Å². The summed E-state index contributed by atoms with van der Waals surface area (Å²) in [4.78, 5) is 15.2. The van der Waals surface area contributed by atoms with E-state index in [1.54, 1.807) is 0 Å². The van der Waals surface area contributed by atoms with Crippen LogP contribution in [0, 0.1) is 11.3 Å². The number of carbonyl (C=O) groups excluding carboxylic acids is 1. The summed E-state index contributed by atoms with van der Waals surface area (Å²) in [5.41, 5.74) is 6.89. The monoisotopic (exact) mass is 366 g/mol. The van der Waals surface area contributed by atoms with E-state index in [0.29, 0.717) is 13.1 Å². The second-order valence-electron chi connectivity index (χ2n) is 7.75. The number of nitrogens with two attached hydrogens (primary N) is 1. The number of ether oxygens (including phenoxy) is 1. The second kappa shape index (κ2) is 7.65. The molecule has 3 unspecified atom stereocenters. The van der Waals surface area contributed by atoms with Crippen LogP contribution in [0.2, 0.25) is 0 Å². The average Bonchev–Trinajstić information content (AvgIpc) is 2.62. The van der Waals surface area contributed by atoms with E-state index < -0.39 is 5.54 Å². The first kappa shape index (κ1) is 20.2. The number of halogens is 1. The Bertz CT molecular complexity index is 593. The summed E-state index contributed by atoms with van der Waals surface area (Å²) < 4.78 is 5.93. The normalized spacial score (nSPS) is 29.8. The lowest BCUT2D eigenvalue weighted by molar-refractivity contribution is -0.230. The molecule has 1 aliphatic carbocycles. The number of likely N-dealkylation sites (N-methyl/N-ethyl adjacent to an activating group) is 1. The zero-order valence-corrected chi connectivity index (χ0v) is 16.3. The fourth-order valence-corrected chi connectivity index (χ4v) is 4.58. The summed E-state index contributed by atoms with van der Waals surface area (Å²) in [6.45, 7) is 8.41. The molecule has 2 aliphatic rings. The lowest BCUT2D eigenvalue weighted by atomic mass is 9.46.